The monoisotopic (exact) mass is 192 g/mol. The highest BCUT2D eigenvalue weighted by atomic mass is 16.5. The molecule has 1 heterocycles. The highest BCUT2D eigenvalue weighted by Crippen LogP contribution is 2.32. The number of benzene rings is 1. The number of fused-ring (bicyclic) bond motifs is 1. The lowest BCUT2D eigenvalue weighted by atomic mass is 10.00. The van der Waals surface area contributed by atoms with Crippen molar-refractivity contribution in [3.63, 3.8) is 0 Å². The minimum Gasteiger partial charge on any atom is -0.493 e. The van der Waals surface area contributed by atoms with Crippen molar-refractivity contribution in [1.82, 2.24) is 0 Å². The zero-order chi connectivity index (χ0) is 10.1. The molecule has 0 unspecified atom stereocenters. The van der Waals surface area contributed by atoms with Gasteiger partial charge in [-0.15, -0.1) is 0 Å². The summed E-state index contributed by atoms with van der Waals surface area (Å²) in [6.07, 6.45) is 1.59. The fourth-order valence-corrected chi connectivity index (χ4v) is 1.87. The maximum atomic E-state index is 10.9. The maximum absolute atomic E-state index is 10.9. The van der Waals surface area contributed by atoms with Crippen LogP contribution < -0.4 is 4.74 Å². The molecule has 0 radical (unpaired) electrons. The van der Waals surface area contributed by atoms with Crippen molar-refractivity contribution < 1.29 is 14.6 Å². The van der Waals surface area contributed by atoms with Gasteiger partial charge < -0.3 is 9.84 Å². The number of carboxylic acids is 1. The summed E-state index contributed by atoms with van der Waals surface area (Å²) in [7, 11) is 0. The van der Waals surface area contributed by atoms with Gasteiger partial charge in [-0.1, -0.05) is 13.0 Å². The molecule has 3 heteroatoms. The fraction of sp³-hybridized carbons (Fsp3) is 0.364. The normalized spacial score (nSPS) is 13.5. The summed E-state index contributed by atoms with van der Waals surface area (Å²) in [5.41, 5.74) is 2.33. The topological polar surface area (TPSA) is 46.5 Å². The summed E-state index contributed by atoms with van der Waals surface area (Å²) in [5.74, 6) is -0.0763. The summed E-state index contributed by atoms with van der Waals surface area (Å²) in [6.45, 7) is 2.62. The molecule has 0 aliphatic carbocycles. The summed E-state index contributed by atoms with van der Waals surface area (Å²) in [6, 6.07) is 3.53. The third-order valence-electron chi connectivity index (χ3n) is 2.54. The van der Waals surface area contributed by atoms with Crippen LogP contribution in [0.5, 0.6) is 5.75 Å². The molecule has 0 atom stereocenters. The van der Waals surface area contributed by atoms with Crippen molar-refractivity contribution in [2.45, 2.75) is 19.8 Å². The first kappa shape index (κ1) is 9.06. The molecule has 0 spiro atoms. The number of aromatic carboxylic acids is 1. The van der Waals surface area contributed by atoms with Gasteiger partial charge in [0.2, 0.25) is 0 Å². The molecule has 74 valence electrons. The molecule has 0 saturated heterocycles. The van der Waals surface area contributed by atoms with E-state index in [0.29, 0.717) is 18.6 Å². The van der Waals surface area contributed by atoms with E-state index in [1.54, 1.807) is 6.07 Å². The van der Waals surface area contributed by atoms with Crippen LogP contribution >= 0.6 is 0 Å². The summed E-state index contributed by atoms with van der Waals surface area (Å²) >= 11 is 0. The molecule has 1 aromatic rings. The molecule has 1 aliphatic heterocycles. The molecule has 0 amide bonds. The van der Waals surface area contributed by atoms with E-state index in [9.17, 15) is 4.79 Å². The number of carboxylic acid groups (broad SMARTS) is 1. The van der Waals surface area contributed by atoms with Gasteiger partial charge in [-0.2, -0.15) is 0 Å². The highest BCUT2D eigenvalue weighted by molar-refractivity contribution is 5.90. The summed E-state index contributed by atoms with van der Waals surface area (Å²) < 4.78 is 5.45. The quantitative estimate of drug-likeness (QED) is 0.778. The van der Waals surface area contributed by atoms with Crippen LogP contribution in [0.15, 0.2) is 12.1 Å². The Morgan fingerprint density at radius 1 is 1.57 bits per heavy atom. The van der Waals surface area contributed by atoms with Crippen LogP contribution in [-0.2, 0) is 12.8 Å². The van der Waals surface area contributed by atoms with Gasteiger partial charge in [0.1, 0.15) is 5.75 Å². The van der Waals surface area contributed by atoms with Crippen LogP contribution in [0.25, 0.3) is 0 Å². The van der Waals surface area contributed by atoms with Gasteiger partial charge in [0, 0.05) is 12.0 Å². The molecule has 1 aliphatic rings. The van der Waals surface area contributed by atoms with Gasteiger partial charge in [-0.05, 0) is 18.1 Å². The van der Waals surface area contributed by atoms with Crippen molar-refractivity contribution in [1.29, 1.82) is 0 Å². The predicted octanol–water partition coefficient (Wildman–Crippen LogP) is 1.88. The molecule has 1 aromatic carbocycles. The van der Waals surface area contributed by atoms with Crippen LogP contribution in [0.4, 0.5) is 0 Å². The number of ether oxygens (including phenoxy) is 1. The van der Waals surface area contributed by atoms with E-state index >= 15 is 0 Å². The zero-order valence-electron chi connectivity index (χ0n) is 8.04. The molecule has 3 nitrogen and oxygen atoms in total. The molecule has 14 heavy (non-hydrogen) atoms. The Morgan fingerprint density at radius 3 is 3.00 bits per heavy atom. The number of rotatable bonds is 2. The van der Waals surface area contributed by atoms with Crippen molar-refractivity contribution in [2.75, 3.05) is 6.61 Å². The van der Waals surface area contributed by atoms with Crippen LogP contribution in [0.3, 0.4) is 0 Å². The van der Waals surface area contributed by atoms with Gasteiger partial charge in [0.25, 0.3) is 0 Å². The smallest absolute Gasteiger partial charge is 0.336 e. The highest BCUT2D eigenvalue weighted by Gasteiger charge is 2.20. The minimum atomic E-state index is -0.875. The third-order valence-corrected chi connectivity index (χ3v) is 2.54. The first-order chi connectivity index (χ1) is 6.74. The van der Waals surface area contributed by atoms with Crippen LogP contribution in [0.2, 0.25) is 0 Å². The predicted molar refractivity (Wildman–Crippen MR) is 52.0 cm³/mol. The van der Waals surface area contributed by atoms with Gasteiger partial charge in [0.15, 0.2) is 0 Å². The SMILES string of the molecule is CCc1c(C(=O)O)ccc2c1OCC2. The molecule has 0 aromatic heterocycles. The van der Waals surface area contributed by atoms with E-state index in [1.165, 1.54) is 0 Å². The van der Waals surface area contributed by atoms with Crippen LogP contribution in [-0.4, -0.2) is 17.7 Å². The van der Waals surface area contributed by atoms with Gasteiger partial charge in [-0.25, -0.2) is 4.79 Å². The van der Waals surface area contributed by atoms with E-state index in [2.05, 4.69) is 0 Å². The van der Waals surface area contributed by atoms with Crippen molar-refractivity contribution in [3.8, 4) is 5.75 Å². The summed E-state index contributed by atoms with van der Waals surface area (Å²) in [5, 5.41) is 8.97. The van der Waals surface area contributed by atoms with Crippen LogP contribution in [0, 0.1) is 0 Å². The molecule has 1 N–H and O–H groups in total. The lowest BCUT2D eigenvalue weighted by Crippen LogP contribution is -2.03. The maximum Gasteiger partial charge on any atom is 0.336 e. The molecule has 0 saturated carbocycles. The Bertz CT molecular complexity index is 382. The lowest BCUT2D eigenvalue weighted by Gasteiger charge is -2.08. The van der Waals surface area contributed by atoms with Crippen LogP contribution in [0.1, 0.15) is 28.4 Å². The molecule has 0 bridgehead atoms. The van der Waals surface area contributed by atoms with Crippen molar-refractivity contribution in [2.24, 2.45) is 0 Å². The first-order valence-electron chi connectivity index (χ1n) is 4.75. The van der Waals surface area contributed by atoms with E-state index in [1.807, 2.05) is 13.0 Å². The number of hydrogen-bond donors (Lipinski definition) is 1. The average Bonchev–Trinajstić information content (AvgIpc) is 2.63. The molecular weight excluding hydrogens is 180 g/mol. The molecule has 2 rings (SSSR count). The standard InChI is InChI=1S/C11H12O3/c1-2-8-9(11(12)13)4-3-7-5-6-14-10(7)8/h3-4H,2,5-6H2,1H3,(H,12,13). The zero-order valence-corrected chi connectivity index (χ0v) is 8.04. The second kappa shape index (κ2) is 3.33. The van der Waals surface area contributed by atoms with Crippen molar-refractivity contribution >= 4 is 5.97 Å². The number of carbonyl (C=O) groups is 1. The Balaban J connectivity index is 2.59. The van der Waals surface area contributed by atoms with E-state index in [-0.39, 0.29) is 0 Å². The Hall–Kier alpha value is -1.51. The second-order valence-corrected chi connectivity index (χ2v) is 3.34. The van der Waals surface area contributed by atoms with Gasteiger partial charge in [-0.3, -0.25) is 0 Å². The Labute approximate surface area is 82.3 Å². The van der Waals surface area contributed by atoms with E-state index in [0.717, 1.165) is 23.3 Å². The fourth-order valence-electron chi connectivity index (χ4n) is 1.87. The van der Waals surface area contributed by atoms with Crippen molar-refractivity contribution in [3.05, 3.63) is 28.8 Å². The van der Waals surface area contributed by atoms with E-state index in [4.69, 9.17) is 9.84 Å². The second-order valence-electron chi connectivity index (χ2n) is 3.34. The Kier molecular flexibility index (Phi) is 2.15. The molecular formula is C11H12O3. The minimum absolute atomic E-state index is 0.369. The number of hydrogen-bond acceptors (Lipinski definition) is 2. The van der Waals surface area contributed by atoms with Gasteiger partial charge >= 0.3 is 5.97 Å². The largest absolute Gasteiger partial charge is 0.493 e. The third kappa shape index (κ3) is 1.25. The lowest BCUT2D eigenvalue weighted by molar-refractivity contribution is 0.0695. The van der Waals surface area contributed by atoms with Gasteiger partial charge in [0.05, 0.1) is 12.2 Å². The first-order valence-corrected chi connectivity index (χ1v) is 4.75. The summed E-state index contributed by atoms with van der Waals surface area (Å²) in [4.78, 5) is 10.9. The van der Waals surface area contributed by atoms with E-state index < -0.39 is 5.97 Å². The average molecular weight is 192 g/mol. The Morgan fingerprint density at radius 2 is 2.36 bits per heavy atom. The molecule has 0 fully saturated rings.